The molecule has 0 aliphatic rings. The van der Waals surface area contributed by atoms with Crippen LogP contribution in [-0.4, -0.2) is 9.78 Å². The van der Waals surface area contributed by atoms with Crippen LogP contribution in [0.2, 0.25) is 0 Å². The molecule has 2 rings (SSSR count). The zero-order valence-electron chi connectivity index (χ0n) is 11.0. The highest BCUT2D eigenvalue weighted by Crippen LogP contribution is 2.18. The third kappa shape index (κ3) is 2.53. The Morgan fingerprint density at radius 3 is 2.83 bits per heavy atom. The van der Waals surface area contributed by atoms with Crippen LogP contribution in [0.4, 0.5) is 10.1 Å². The third-order valence-electron chi connectivity index (χ3n) is 3.01. The highest BCUT2D eigenvalue weighted by molar-refractivity contribution is 5.51. The topological polar surface area (TPSA) is 29.9 Å². The van der Waals surface area contributed by atoms with Crippen LogP contribution in [-0.2, 0) is 13.1 Å². The quantitative estimate of drug-likeness (QED) is 0.898. The Labute approximate surface area is 107 Å². The van der Waals surface area contributed by atoms with E-state index < -0.39 is 0 Å². The van der Waals surface area contributed by atoms with Gasteiger partial charge in [0.05, 0.1) is 17.9 Å². The van der Waals surface area contributed by atoms with E-state index in [1.807, 2.05) is 23.7 Å². The number of benzene rings is 1. The summed E-state index contributed by atoms with van der Waals surface area (Å²) in [6.45, 7) is 7.30. The minimum absolute atomic E-state index is 0.180. The van der Waals surface area contributed by atoms with E-state index in [0.29, 0.717) is 12.1 Å². The van der Waals surface area contributed by atoms with Gasteiger partial charge in [0.1, 0.15) is 5.82 Å². The van der Waals surface area contributed by atoms with E-state index >= 15 is 0 Å². The van der Waals surface area contributed by atoms with Crippen molar-refractivity contribution >= 4 is 5.69 Å². The first-order valence-corrected chi connectivity index (χ1v) is 6.14. The number of hydrogen-bond donors (Lipinski definition) is 1. The van der Waals surface area contributed by atoms with Gasteiger partial charge in [0.25, 0.3) is 0 Å². The smallest absolute Gasteiger partial charge is 0.128 e. The van der Waals surface area contributed by atoms with Gasteiger partial charge in [0, 0.05) is 17.8 Å². The van der Waals surface area contributed by atoms with E-state index in [9.17, 15) is 4.39 Å². The molecule has 96 valence electrons. The Hall–Kier alpha value is -1.84. The van der Waals surface area contributed by atoms with Gasteiger partial charge in [-0.05, 0) is 39.0 Å². The van der Waals surface area contributed by atoms with Crippen LogP contribution in [0.5, 0.6) is 0 Å². The number of nitrogens with zero attached hydrogens (tertiary/aromatic N) is 2. The molecule has 0 unspecified atom stereocenters. The molecular weight excluding hydrogens is 229 g/mol. The molecular formula is C14H18FN3. The first-order chi connectivity index (χ1) is 8.61. The minimum atomic E-state index is -0.180. The predicted octanol–water partition coefficient (Wildman–Crippen LogP) is 3.27. The fourth-order valence-electron chi connectivity index (χ4n) is 2.00. The molecule has 0 saturated heterocycles. The predicted molar refractivity (Wildman–Crippen MR) is 71.1 cm³/mol. The lowest BCUT2D eigenvalue weighted by Crippen LogP contribution is -2.08. The SMILES string of the molecule is CCn1nc(C)cc1CNc1cccc(F)c1C. The number of nitrogens with one attached hydrogen (secondary N) is 1. The first-order valence-electron chi connectivity index (χ1n) is 6.14. The summed E-state index contributed by atoms with van der Waals surface area (Å²) in [6, 6.07) is 7.12. The summed E-state index contributed by atoms with van der Waals surface area (Å²) in [4.78, 5) is 0. The van der Waals surface area contributed by atoms with Crippen LogP contribution in [0, 0.1) is 19.7 Å². The second kappa shape index (κ2) is 5.21. The largest absolute Gasteiger partial charge is 0.379 e. The summed E-state index contributed by atoms with van der Waals surface area (Å²) in [5, 5.41) is 7.64. The monoisotopic (exact) mass is 247 g/mol. The zero-order chi connectivity index (χ0) is 13.1. The molecule has 1 N–H and O–H groups in total. The van der Waals surface area contributed by atoms with Gasteiger partial charge in [-0.25, -0.2) is 4.39 Å². The molecule has 1 aromatic carbocycles. The van der Waals surface area contributed by atoms with Gasteiger partial charge < -0.3 is 5.32 Å². The van der Waals surface area contributed by atoms with Crippen molar-refractivity contribution in [3.05, 3.63) is 47.0 Å². The molecule has 0 atom stereocenters. The summed E-state index contributed by atoms with van der Waals surface area (Å²) >= 11 is 0. The van der Waals surface area contributed by atoms with Crippen molar-refractivity contribution in [2.45, 2.75) is 33.9 Å². The molecule has 18 heavy (non-hydrogen) atoms. The number of hydrogen-bond acceptors (Lipinski definition) is 2. The van der Waals surface area contributed by atoms with Crippen molar-refractivity contribution in [1.29, 1.82) is 0 Å². The Morgan fingerprint density at radius 1 is 1.33 bits per heavy atom. The van der Waals surface area contributed by atoms with Crippen molar-refractivity contribution < 1.29 is 4.39 Å². The van der Waals surface area contributed by atoms with Gasteiger partial charge in [-0.1, -0.05) is 6.07 Å². The highest BCUT2D eigenvalue weighted by Gasteiger charge is 2.06. The Bertz CT molecular complexity index is 546. The molecule has 0 fully saturated rings. The Balaban J connectivity index is 2.13. The summed E-state index contributed by atoms with van der Waals surface area (Å²) in [7, 11) is 0. The first kappa shape index (κ1) is 12.6. The van der Waals surface area contributed by atoms with Crippen LogP contribution in [0.1, 0.15) is 23.9 Å². The van der Waals surface area contributed by atoms with Crippen molar-refractivity contribution in [1.82, 2.24) is 9.78 Å². The third-order valence-corrected chi connectivity index (χ3v) is 3.01. The van der Waals surface area contributed by atoms with Crippen molar-refractivity contribution in [3.63, 3.8) is 0 Å². The van der Waals surface area contributed by atoms with Crippen LogP contribution in [0.15, 0.2) is 24.3 Å². The number of anilines is 1. The standard InChI is InChI=1S/C14H18FN3/c1-4-18-12(8-10(2)17-18)9-16-14-7-5-6-13(15)11(14)3/h5-8,16H,4,9H2,1-3H3. The van der Waals surface area contributed by atoms with Gasteiger partial charge >= 0.3 is 0 Å². The fourth-order valence-corrected chi connectivity index (χ4v) is 2.00. The van der Waals surface area contributed by atoms with E-state index in [2.05, 4.69) is 17.3 Å². The lowest BCUT2D eigenvalue weighted by Gasteiger charge is -2.10. The summed E-state index contributed by atoms with van der Waals surface area (Å²) in [5.41, 5.74) is 3.59. The van der Waals surface area contributed by atoms with Crippen molar-refractivity contribution in [2.24, 2.45) is 0 Å². The molecule has 0 aliphatic carbocycles. The van der Waals surface area contributed by atoms with E-state index in [1.54, 1.807) is 13.0 Å². The van der Waals surface area contributed by atoms with Crippen molar-refractivity contribution in [3.8, 4) is 0 Å². The number of aryl methyl sites for hydroxylation is 2. The number of aromatic nitrogens is 2. The fraction of sp³-hybridized carbons (Fsp3) is 0.357. The van der Waals surface area contributed by atoms with Gasteiger partial charge in [-0.2, -0.15) is 5.10 Å². The second-order valence-corrected chi connectivity index (χ2v) is 4.36. The maximum absolute atomic E-state index is 13.4. The van der Waals surface area contributed by atoms with Crippen LogP contribution < -0.4 is 5.32 Å². The van der Waals surface area contributed by atoms with E-state index in [-0.39, 0.29) is 5.82 Å². The summed E-state index contributed by atoms with van der Waals surface area (Å²) in [6.07, 6.45) is 0. The Kier molecular flexibility index (Phi) is 3.65. The Morgan fingerprint density at radius 2 is 2.11 bits per heavy atom. The normalized spacial score (nSPS) is 10.7. The van der Waals surface area contributed by atoms with Gasteiger partial charge in [0.15, 0.2) is 0 Å². The maximum Gasteiger partial charge on any atom is 0.128 e. The zero-order valence-corrected chi connectivity index (χ0v) is 11.0. The van der Waals surface area contributed by atoms with Gasteiger partial charge in [0.2, 0.25) is 0 Å². The molecule has 0 saturated carbocycles. The summed E-state index contributed by atoms with van der Waals surface area (Å²) in [5.74, 6) is -0.180. The molecule has 0 spiro atoms. The van der Waals surface area contributed by atoms with E-state index in [1.165, 1.54) is 6.07 Å². The second-order valence-electron chi connectivity index (χ2n) is 4.36. The number of rotatable bonds is 4. The molecule has 0 amide bonds. The van der Waals surface area contributed by atoms with Crippen molar-refractivity contribution in [2.75, 3.05) is 5.32 Å². The van der Waals surface area contributed by atoms with Crippen LogP contribution in [0.25, 0.3) is 0 Å². The molecule has 3 nitrogen and oxygen atoms in total. The molecule has 4 heteroatoms. The summed E-state index contributed by atoms with van der Waals surface area (Å²) < 4.78 is 15.4. The minimum Gasteiger partial charge on any atom is -0.379 e. The van der Waals surface area contributed by atoms with E-state index in [4.69, 9.17) is 0 Å². The van der Waals surface area contributed by atoms with E-state index in [0.717, 1.165) is 23.6 Å². The highest BCUT2D eigenvalue weighted by atomic mass is 19.1. The van der Waals surface area contributed by atoms with Crippen LogP contribution >= 0.6 is 0 Å². The van der Waals surface area contributed by atoms with Gasteiger partial charge in [-0.3, -0.25) is 4.68 Å². The molecule has 2 aromatic rings. The average molecular weight is 247 g/mol. The molecule has 1 heterocycles. The lowest BCUT2D eigenvalue weighted by atomic mass is 10.2. The molecule has 0 bridgehead atoms. The maximum atomic E-state index is 13.4. The number of halogens is 1. The van der Waals surface area contributed by atoms with Gasteiger partial charge in [-0.15, -0.1) is 0 Å². The lowest BCUT2D eigenvalue weighted by molar-refractivity contribution is 0.616. The molecule has 0 radical (unpaired) electrons. The average Bonchev–Trinajstić information content (AvgIpc) is 2.71. The van der Waals surface area contributed by atoms with Crippen LogP contribution in [0.3, 0.4) is 0 Å². The molecule has 0 aliphatic heterocycles. The molecule has 1 aromatic heterocycles.